The van der Waals surface area contributed by atoms with Gasteiger partial charge in [-0.1, -0.05) is 64.5 Å². The van der Waals surface area contributed by atoms with Crippen LogP contribution >= 0.6 is 0 Å². The average Bonchev–Trinajstić information content (AvgIpc) is 3.12. The van der Waals surface area contributed by atoms with E-state index in [1.807, 2.05) is 25.9 Å². The van der Waals surface area contributed by atoms with Crippen molar-refractivity contribution >= 4 is 17.9 Å². The molecule has 0 fully saturated rings. The zero-order chi connectivity index (χ0) is 45.6. The summed E-state index contributed by atoms with van der Waals surface area (Å²) in [4.78, 5) is 38.7. The van der Waals surface area contributed by atoms with Crippen LogP contribution in [0.15, 0.2) is 23.3 Å². The number of nitrogens with zero attached hydrogens (tertiary/aromatic N) is 1. The molecule has 0 aliphatic carbocycles. The molecule has 60 heavy (non-hydrogen) atoms. The van der Waals surface area contributed by atoms with Crippen LogP contribution in [0.3, 0.4) is 0 Å². The van der Waals surface area contributed by atoms with Crippen molar-refractivity contribution in [2.24, 2.45) is 11.8 Å². The maximum atomic E-state index is 12.6. The van der Waals surface area contributed by atoms with E-state index in [-0.39, 0.29) is 74.9 Å². The Balaban J connectivity index is 4.35. The highest BCUT2D eigenvalue weighted by molar-refractivity contribution is 5.70. The highest BCUT2D eigenvalue weighted by Crippen LogP contribution is 2.39. The number of unbranched alkanes of at least 4 members (excludes halogenated alkanes) is 8. The number of halogens is 10. The topological polar surface area (TPSA) is 82.1 Å². The fourth-order valence-electron chi connectivity index (χ4n) is 6.26. The quantitative estimate of drug-likeness (QED) is 0.0209. The molecule has 0 N–H and O–H groups in total. The summed E-state index contributed by atoms with van der Waals surface area (Å²) in [6.45, 7) is 2.95. The highest BCUT2D eigenvalue weighted by atomic mass is 19.4. The van der Waals surface area contributed by atoms with Crippen LogP contribution in [0, 0.1) is 11.8 Å². The van der Waals surface area contributed by atoms with Crippen molar-refractivity contribution in [3.05, 3.63) is 23.3 Å². The first kappa shape index (κ1) is 57.1. The summed E-state index contributed by atoms with van der Waals surface area (Å²) in [7, 11) is 3.87. The standard InChI is InChI=1S/C43H69F10NO6/c1-33(18-15-20-35(32-44)41(45,46)47)27-30-58-38(55)24-13-9-5-7-11-21-36(60-40(57)26-17-29-54(3)4)22-12-8-6-10-14-25-39(56)59-31-28-34(2)19-16-23-37(42(48,49)50)43(51,52)53/h20,23,33-34,36H,5-19,21-22,24-32H2,1-4H3/b35-20-. The molecular formula is C43H69F10NO6. The Kier molecular flexibility index (Phi) is 30.4. The molecule has 0 aromatic heterocycles. The Labute approximate surface area is 350 Å². The zero-order valence-corrected chi connectivity index (χ0v) is 35.9. The van der Waals surface area contributed by atoms with Crippen molar-refractivity contribution in [2.45, 2.75) is 180 Å². The minimum Gasteiger partial charge on any atom is -0.466 e. The van der Waals surface area contributed by atoms with Crippen LogP contribution in [0.25, 0.3) is 0 Å². The maximum absolute atomic E-state index is 12.6. The number of ether oxygens (including phenoxy) is 3. The molecule has 0 saturated carbocycles. The third kappa shape index (κ3) is 31.9. The largest absolute Gasteiger partial charge is 0.466 e. The van der Waals surface area contributed by atoms with E-state index in [0.717, 1.165) is 76.8 Å². The summed E-state index contributed by atoms with van der Waals surface area (Å²) in [5, 5.41) is 0. The fraction of sp³-hybridized carbons (Fsp3) is 0.837. The van der Waals surface area contributed by atoms with Crippen molar-refractivity contribution in [1.82, 2.24) is 4.90 Å². The van der Waals surface area contributed by atoms with Crippen molar-refractivity contribution in [3.8, 4) is 0 Å². The number of carbonyl (C=O) groups excluding carboxylic acids is 3. The summed E-state index contributed by atoms with van der Waals surface area (Å²) in [6, 6.07) is 0. The van der Waals surface area contributed by atoms with Gasteiger partial charge in [0.15, 0.2) is 0 Å². The van der Waals surface area contributed by atoms with E-state index in [0.29, 0.717) is 44.9 Å². The molecule has 3 unspecified atom stereocenters. The molecule has 0 bridgehead atoms. The highest BCUT2D eigenvalue weighted by Gasteiger charge is 2.50. The Hall–Kier alpha value is -2.85. The van der Waals surface area contributed by atoms with E-state index in [4.69, 9.17) is 14.2 Å². The number of allylic oxidation sites excluding steroid dienone is 4. The molecule has 0 aromatic carbocycles. The SMILES string of the molecule is CC(CCC=C(C(F)(F)F)C(F)(F)F)CCOC(=O)CCCCCCCC(CCCCCCCC(=O)OCCC(C)CC/C=C(/CF)C(F)(F)F)OC(=O)CCCN(C)C. The minimum atomic E-state index is -5.47. The molecule has 17 heteroatoms. The second kappa shape index (κ2) is 31.9. The van der Waals surface area contributed by atoms with E-state index in [1.54, 1.807) is 6.92 Å². The van der Waals surface area contributed by atoms with Gasteiger partial charge in [-0.3, -0.25) is 14.4 Å². The van der Waals surface area contributed by atoms with Gasteiger partial charge in [0.2, 0.25) is 0 Å². The molecule has 0 radical (unpaired) electrons. The van der Waals surface area contributed by atoms with Crippen LogP contribution in [0.4, 0.5) is 43.9 Å². The van der Waals surface area contributed by atoms with Crippen LogP contribution in [0.5, 0.6) is 0 Å². The second-order valence-corrected chi connectivity index (χ2v) is 16.0. The minimum absolute atomic E-state index is 0.0142. The molecular weight excluding hydrogens is 816 g/mol. The molecule has 0 saturated heterocycles. The lowest BCUT2D eigenvalue weighted by Gasteiger charge is -2.18. The molecule has 0 spiro atoms. The Morgan fingerprint density at radius 2 is 0.950 bits per heavy atom. The number of esters is 3. The van der Waals surface area contributed by atoms with E-state index < -0.39 is 48.7 Å². The van der Waals surface area contributed by atoms with E-state index in [9.17, 15) is 58.3 Å². The first-order chi connectivity index (χ1) is 28.1. The van der Waals surface area contributed by atoms with Gasteiger partial charge in [-0.15, -0.1) is 0 Å². The molecule has 3 atom stereocenters. The van der Waals surface area contributed by atoms with Crippen LogP contribution < -0.4 is 0 Å². The third-order valence-electron chi connectivity index (χ3n) is 10.0. The van der Waals surface area contributed by atoms with Gasteiger partial charge in [0.25, 0.3) is 0 Å². The second-order valence-electron chi connectivity index (χ2n) is 16.0. The zero-order valence-electron chi connectivity index (χ0n) is 35.9. The summed E-state index contributed by atoms with van der Waals surface area (Å²) >= 11 is 0. The van der Waals surface area contributed by atoms with Gasteiger partial charge >= 0.3 is 36.4 Å². The number of hydrogen-bond acceptors (Lipinski definition) is 7. The molecule has 0 aromatic rings. The number of carbonyl (C=O) groups is 3. The molecule has 0 rings (SSSR count). The van der Waals surface area contributed by atoms with Gasteiger partial charge in [-0.2, -0.15) is 39.5 Å². The molecule has 7 nitrogen and oxygen atoms in total. The summed E-state index contributed by atoms with van der Waals surface area (Å²) in [5.41, 5.74) is -3.69. The van der Waals surface area contributed by atoms with Gasteiger partial charge in [0.1, 0.15) is 18.4 Å². The number of rotatable bonds is 34. The Morgan fingerprint density at radius 3 is 1.37 bits per heavy atom. The van der Waals surface area contributed by atoms with Gasteiger partial charge in [0, 0.05) is 19.3 Å². The van der Waals surface area contributed by atoms with Crippen molar-refractivity contribution in [2.75, 3.05) is 40.5 Å². The predicted octanol–water partition coefficient (Wildman–Crippen LogP) is 12.9. The third-order valence-corrected chi connectivity index (χ3v) is 10.0. The summed E-state index contributed by atoms with van der Waals surface area (Å²) in [5.74, 6) is -1.17. The number of alkyl halides is 10. The van der Waals surface area contributed by atoms with E-state index >= 15 is 0 Å². The van der Waals surface area contributed by atoms with Crippen LogP contribution in [0.2, 0.25) is 0 Å². The maximum Gasteiger partial charge on any atom is 0.420 e. The van der Waals surface area contributed by atoms with Crippen LogP contribution in [-0.4, -0.2) is 88.0 Å². The fourth-order valence-corrected chi connectivity index (χ4v) is 6.26. The molecule has 0 aliphatic heterocycles. The Bertz CT molecular complexity index is 1220. The van der Waals surface area contributed by atoms with Crippen molar-refractivity contribution in [1.29, 1.82) is 0 Å². The van der Waals surface area contributed by atoms with Gasteiger partial charge < -0.3 is 19.1 Å². The van der Waals surface area contributed by atoms with Crippen LogP contribution in [0.1, 0.15) is 155 Å². The Morgan fingerprint density at radius 1 is 0.533 bits per heavy atom. The first-order valence-corrected chi connectivity index (χ1v) is 21.4. The lowest BCUT2D eigenvalue weighted by Crippen LogP contribution is -2.26. The molecule has 0 amide bonds. The number of hydrogen-bond donors (Lipinski definition) is 0. The smallest absolute Gasteiger partial charge is 0.420 e. The predicted molar refractivity (Wildman–Crippen MR) is 211 cm³/mol. The van der Waals surface area contributed by atoms with Gasteiger partial charge in [-0.05, 0) is 116 Å². The van der Waals surface area contributed by atoms with Crippen molar-refractivity contribution < 1.29 is 72.5 Å². The summed E-state index contributed by atoms with van der Waals surface area (Å²) in [6.07, 6.45) is -2.62. The lowest BCUT2D eigenvalue weighted by molar-refractivity contribution is -0.172. The van der Waals surface area contributed by atoms with Crippen molar-refractivity contribution in [3.63, 3.8) is 0 Å². The molecule has 0 heterocycles. The van der Waals surface area contributed by atoms with E-state index in [1.165, 1.54) is 0 Å². The summed E-state index contributed by atoms with van der Waals surface area (Å²) < 4.78 is 143. The lowest BCUT2D eigenvalue weighted by atomic mass is 10.0. The van der Waals surface area contributed by atoms with Gasteiger partial charge in [-0.25, -0.2) is 4.39 Å². The average molecular weight is 886 g/mol. The molecule has 352 valence electrons. The van der Waals surface area contributed by atoms with E-state index in [2.05, 4.69) is 0 Å². The van der Waals surface area contributed by atoms with Gasteiger partial charge in [0.05, 0.1) is 18.8 Å². The van der Waals surface area contributed by atoms with Crippen LogP contribution in [-0.2, 0) is 28.6 Å². The first-order valence-electron chi connectivity index (χ1n) is 21.4. The monoisotopic (exact) mass is 885 g/mol. The normalized spacial score (nSPS) is 14.2. The molecule has 0 aliphatic rings.